The number of hydrogen-bond donors (Lipinski definition) is 3. The molecule has 0 radical (unpaired) electrons. The van der Waals surface area contributed by atoms with Gasteiger partial charge in [-0.15, -0.1) is 0 Å². The molecule has 1 aromatic carbocycles. The molecule has 20 heavy (non-hydrogen) atoms. The summed E-state index contributed by atoms with van der Waals surface area (Å²) in [5.74, 6) is 0.789. The predicted molar refractivity (Wildman–Crippen MR) is 78.2 cm³/mol. The first-order chi connectivity index (χ1) is 9.31. The second-order valence-electron chi connectivity index (χ2n) is 5.41. The van der Waals surface area contributed by atoms with Crippen LogP contribution in [0.25, 0.3) is 0 Å². The largest absolute Gasteiger partial charge is 0.492 e. The lowest BCUT2D eigenvalue weighted by atomic mass is 10.1. The zero-order chi connectivity index (χ0) is 15.2. The van der Waals surface area contributed by atoms with Crippen molar-refractivity contribution < 1.29 is 15.1 Å². The Hall–Kier alpha value is -1.79. The first kappa shape index (κ1) is 16.3. The van der Waals surface area contributed by atoms with Crippen LogP contribution < -0.4 is 10.5 Å². The molecular formula is C14H23N3O3. The first-order valence-corrected chi connectivity index (χ1v) is 6.43. The summed E-state index contributed by atoms with van der Waals surface area (Å²) in [7, 11) is 1.93. The maximum Gasteiger partial charge on any atom is 0.170 e. The number of benzene rings is 1. The van der Waals surface area contributed by atoms with E-state index in [0.29, 0.717) is 25.3 Å². The Morgan fingerprint density at radius 3 is 2.45 bits per heavy atom. The molecule has 0 saturated heterocycles. The lowest BCUT2D eigenvalue weighted by molar-refractivity contribution is 0.0411. The molecule has 0 aliphatic carbocycles. The summed E-state index contributed by atoms with van der Waals surface area (Å²) in [4.78, 5) is 2.00. The van der Waals surface area contributed by atoms with Crippen LogP contribution in [0.3, 0.4) is 0 Å². The normalized spacial score (nSPS) is 12.8. The molecule has 112 valence electrons. The fourth-order valence-corrected chi connectivity index (χ4v) is 1.84. The lowest BCUT2D eigenvalue weighted by Gasteiger charge is -2.25. The van der Waals surface area contributed by atoms with Gasteiger partial charge < -0.3 is 25.7 Å². The van der Waals surface area contributed by atoms with Crippen molar-refractivity contribution in [2.24, 2.45) is 10.9 Å². The molecule has 0 heterocycles. The summed E-state index contributed by atoms with van der Waals surface area (Å²) in [6, 6.07) is 6.99. The van der Waals surface area contributed by atoms with Crippen molar-refractivity contribution in [3.8, 4) is 5.75 Å². The smallest absolute Gasteiger partial charge is 0.170 e. The SMILES string of the molecule is CN(CCOc1ccc(C(N)=NO)cc1)CC(C)(C)O. The Morgan fingerprint density at radius 1 is 1.35 bits per heavy atom. The number of oxime groups is 1. The van der Waals surface area contributed by atoms with Gasteiger partial charge in [0.1, 0.15) is 12.4 Å². The van der Waals surface area contributed by atoms with Gasteiger partial charge in [-0.05, 0) is 45.2 Å². The van der Waals surface area contributed by atoms with Crippen LogP contribution >= 0.6 is 0 Å². The number of nitrogens with zero attached hydrogens (tertiary/aromatic N) is 2. The second kappa shape index (κ2) is 7.12. The van der Waals surface area contributed by atoms with Crippen LogP contribution in [0.2, 0.25) is 0 Å². The highest BCUT2D eigenvalue weighted by molar-refractivity contribution is 5.97. The molecule has 4 N–H and O–H groups in total. The van der Waals surface area contributed by atoms with Crippen LogP contribution in [-0.4, -0.2) is 53.4 Å². The Labute approximate surface area is 119 Å². The lowest BCUT2D eigenvalue weighted by Crippen LogP contribution is -2.38. The van der Waals surface area contributed by atoms with Crippen molar-refractivity contribution in [2.75, 3.05) is 26.7 Å². The van der Waals surface area contributed by atoms with Gasteiger partial charge in [0, 0.05) is 18.7 Å². The van der Waals surface area contributed by atoms with Gasteiger partial charge >= 0.3 is 0 Å². The minimum atomic E-state index is -0.711. The predicted octanol–water partition coefficient (Wildman–Crippen LogP) is 0.863. The average molecular weight is 281 g/mol. The van der Waals surface area contributed by atoms with Crippen LogP contribution in [0.15, 0.2) is 29.4 Å². The number of rotatable bonds is 7. The minimum absolute atomic E-state index is 0.0708. The number of ether oxygens (including phenoxy) is 1. The van der Waals surface area contributed by atoms with Crippen LogP contribution in [0, 0.1) is 0 Å². The van der Waals surface area contributed by atoms with E-state index in [9.17, 15) is 5.11 Å². The maximum absolute atomic E-state index is 9.68. The molecule has 0 amide bonds. The molecular weight excluding hydrogens is 258 g/mol. The molecule has 0 saturated carbocycles. The molecule has 6 heteroatoms. The van der Waals surface area contributed by atoms with Crippen molar-refractivity contribution in [3.05, 3.63) is 29.8 Å². The second-order valence-corrected chi connectivity index (χ2v) is 5.41. The Bertz CT molecular complexity index is 438. The van der Waals surface area contributed by atoms with Crippen molar-refractivity contribution >= 4 is 5.84 Å². The zero-order valence-electron chi connectivity index (χ0n) is 12.2. The van der Waals surface area contributed by atoms with Gasteiger partial charge in [0.15, 0.2) is 5.84 Å². The van der Waals surface area contributed by atoms with E-state index in [-0.39, 0.29) is 5.84 Å². The minimum Gasteiger partial charge on any atom is -0.492 e. The third kappa shape index (κ3) is 5.90. The maximum atomic E-state index is 9.68. The third-order valence-electron chi connectivity index (χ3n) is 2.66. The van der Waals surface area contributed by atoms with Crippen LogP contribution in [0.5, 0.6) is 5.75 Å². The summed E-state index contributed by atoms with van der Waals surface area (Å²) in [6.45, 7) is 5.37. The topological polar surface area (TPSA) is 91.3 Å². The number of nitrogens with two attached hydrogens (primary N) is 1. The summed E-state index contributed by atoms with van der Waals surface area (Å²) in [6.07, 6.45) is 0. The fraction of sp³-hybridized carbons (Fsp3) is 0.500. The van der Waals surface area contributed by atoms with Gasteiger partial charge in [-0.3, -0.25) is 0 Å². The molecule has 1 rings (SSSR count). The van der Waals surface area contributed by atoms with Crippen LogP contribution in [-0.2, 0) is 0 Å². The van der Waals surface area contributed by atoms with Crippen molar-refractivity contribution in [2.45, 2.75) is 19.4 Å². The highest BCUT2D eigenvalue weighted by Gasteiger charge is 2.15. The standard InChI is InChI=1S/C14H23N3O3/c1-14(2,18)10-17(3)8-9-20-12-6-4-11(5-7-12)13(15)16-19/h4-7,18-19H,8-10H2,1-3H3,(H2,15,16). The average Bonchev–Trinajstić information content (AvgIpc) is 2.36. The van der Waals surface area contributed by atoms with E-state index in [1.807, 2.05) is 11.9 Å². The molecule has 0 unspecified atom stereocenters. The van der Waals surface area contributed by atoms with Gasteiger partial charge in [-0.1, -0.05) is 5.16 Å². The van der Waals surface area contributed by atoms with E-state index in [1.54, 1.807) is 38.1 Å². The number of hydrogen-bond acceptors (Lipinski definition) is 5. The van der Waals surface area contributed by atoms with E-state index >= 15 is 0 Å². The molecule has 0 aliphatic rings. The van der Waals surface area contributed by atoms with Gasteiger partial charge in [0.2, 0.25) is 0 Å². The third-order valence-corrected chi connectivity index (χ3v) is 2.66. The van der Waals surface area contributed by atoms with Gasteiger partial charge in [-0.2, -0.15) is 0 Å². The van der Waals surface area contributed by atoms with Crippen molar-refractivity contribution in [3.63, 3.8) is 0 Å². The van der Waals surface area contributed by atoms with E-state index < -0.39 is 5.60 Å². The Morgan fingerprint density at radius 2 is 1.95 bits per heavy atom. The van der Waals surface area contributed by atoms with Gasteiger partial charge in [-0.25, -0.2) is 0 Å². The number of amidine groups is 1. The zero-order valence-corrected chi connectivity index (χ0v) is 12.2. The molecule has 0 aliphatic heterocycles. The van der Waals surface area contributed by atoms with Crippen LogP contribution in [0.4, 0.5) is 0 Å². The van der Waals surface area contributed by atoms with Gasteiger partial charge in [0.05, 0.1) is 5.60 Å². The molecule has 6 nitrogen and oxygen atoms in total. The Balaban J connectivity index is 2.39. The molecule has 0 spiro atoms. The quantitative estimate of drug-likeness (QED) is 0.298. The van der Waals surface area contributed by atoms with Crippen molar-refractivity contribution in [1.29, 1.82) is 0 Å². The highest BCUT2D eigenvalue weighted by atomic mass is 16.5. The summed E-state index contributed by atoms with van der Waals surface area (Å²) in [5.41, 5.74) is 5.40. The Kier molecular flexibility index (Phi) is 5.79. The van der Waals surface area contributed by atoms with E-state index in [0.717, 1.165) is 5.75 Å². The van der Waals surface area contributed by atoms with E-state index in [1.165, 1.54) is 0 Å². The summed E-state index contributed by atoms with van der Waals surface area (Å²) >= 11 is 0. The monoisotopic (exact) mass is 281 g/mol. The molecule has 0 aromatic heterocycles. The molecule has 0 fully saturated rings. The van der Waals surface area contributed by atoms with E-state index in [4.69, 9.17) is 15.7 Å². The molecule has 0 bridgehead atoms. The first-order valence-electron chi connectivity index (χ1n) is 6.43. The van der Waals surface area contributed by atoms with E-state index in [2.05, 4.69) is 5.16 Å². The summed E-state index contributed by atoms with van der Waals surface area (Å²) in [5, 5.41) is 21.2. The van der Waals surface area contributed by atoms with Crippen LogP contribution in [0.1, 0.15) is 19.4 Å². The molecule has 0 atom stereocenters. The summed E-state index contributed by atoms with van der Waals surface area (Å²) < 4.78 is 5.59. The van der Waals surface area contributed by atoms with Gasteiger partial charge in [0.25, 0.3) is 0 Å². The number of likely N-dealkylation sites (N-methyl/N-ethyl adjacent to an activating group) is 1. The highest BCUT2D eigenvalue weighted by Crippen LogP contribution is 2.12. The van der Waals surface area contributed by atoms with Crippen molar-refractivity contribution in [1.82, 2.24) is 4.90 Å². The number of aliphatic hydroxyl groups is 1. The fourth-order valence-electron chi connectivity index (χ4n) is 1.84. The molecule has 1 aromatic rings.